The number of rotatable bonds is 4. The van der Waals surface area contributed by atoms with E-state index in [1.54, 1.807) is 12.1 Å². The molecule has 2 rings (SSSR count). The quantitative estimate of drug-likeness (QED) is 0.868. The summed E-state index contributed by atoms with van der Waals surface area (Å²) in [6.45, 7) is 4.18. The Kier molecular flexibility index (Phi) is 4.79. The Morgan fingerprint density at radius 1 is 1.10 bits per heavy atom. The second-order valence-corrected chi connectivity index (χ2v) is 5.57. The average molecular weight is 292 g/mol. The van der Waals surface area contributed by atoms with Crippen molar-refractivity contribution < 1.29 is 4.39 Å². The lowest BCUT2D eigenvalue weighted by atomic mass is 9.96. The van der Waals surface area contributed by atoms with Gasteiger partial charge in [0.1, 0.15) is 5.82 Å². The highest BCUT2D eigenvalue weighted by Gasteiger charge is 2.15. The monoisotopic (exact) mass is 291 g/mol. The molecule has 20 heavy (non-hydrogen) atoms. The van der Waals surface area contributed by atoms with E-state index in [4.69, 9.17) is 11.6 Å². The third-order valence-electron chi connectivity index (χ3n) is 3.69. The maximum Gasteiger partial charge on any atom is 0.128 e. The van der Waals surface area contributed by atoms with Crippen LogP contribution in [-0.2, 0) is 6.42 Å². The van der Waals surface area contributed by atoms with Gasteiger partial charge in [0.15, 0.2) is 0 Å². The molecule has 2 aromatic carbocycles. The first-order valence-electron chi connectivity index (χ1n) is 6.69. The van der Waals surface area contributed by atoms with Gasteiger partial charge in [0, 0.05) is 16.6 Å². The van der Waals surface area contributed by atoms with E-state index in [0.29, 0.717) is 10.6 Å². The second-order valence-electron chi connectivity index (χ2n) is 5.13. The van der Waals surface area contributed by atoms with Crippen molar-refractivity contribution in [2.75, 3.05) is 7.05 Å². The minimum Gasteiger partial charge on any atom is -0.313 e. The summed E-state index contributed by atoms with van der Waals surface area (Å²) in [7, 11) is 1.84. The Morgan fingerprint density at radius 3 is 2.50 bits per heavy atom. The van der Waals surface area contributed by atoms with Crippen LogP contribution in [0.1, 0.15) is 28.3 Å². The van der Waals surface area contributed by atoms with Gasteiger partial charge in [-0.15, -0.1) is 0 Å². The molecule has 0 heterocycles. The van der Waals surface area contributed by atoms with Gasteiger partial charge in [-0.1, -0.05) is 29.8 Å². The van der Waals surface area contributed by atoms with Crippen LogP contribution in [0.3, 0.4) is 0 Å². The van der Waals surface area contributed by atoms with Gasteiger partial charge in [-0.05, 0) is 62.2 Å². The van der Waals surface area contributed by atoms with Crippen LogP contribution in [0.25, 0.3) is 0 Å². The summed E-state index contributed by atoms with van der Waals surface area (Å²) in [5.74, 6) is -0.224. The van der Waals surface area contributed by atoms with Crippen molar-refractivity contribution in [1.29, 1.82) is 0 Å². The molecule has 0 aliphatic heterocycles. The Bertz CT molecular complexity index is 610. The van der Waals surface area contributed by atoms with Crippen LogP contribution in [0.2, 0.25) is 5.02 Å². The molecule has 1 N–H and O–H groups in total. The van der Waals surface area contributed by atoms with Crippen LogP contribution in [0.4, 0.5) is 4.39 Å². The fourth-order valence-corrected chi connectivity index (χ4v) is 2.50. The number of aryl methyl sites for hydroxylation is 2. The molecule has 0 aromatic heterocycles. The third-order valence-corrected chi connectivity index (χ3v) is 3.93. The maximum atomic E-state index is 14.0. The molecule has 0 aliphatic carbocycles. The van der Waals surface area contributed by atoms with E-state index in [1.807, 2.05) is 7.05 Å². The summed E-state index contributed by atoms with van der Waals surface area (Å²) >= 11 is 5.97. The molecule has 0 saturated heterocycles. The smallest absolute Gasteiger partial charge is 0.128 e. The van der Waals surface area contributed by atoms with Gasteiger partial charge >= 0.3 is 0 Å². The van der Waals surface area contributed by atoms with Crippen molar-refractivity contribution in [2.24, 2.45) is 0 Å². The maximum absolute atomic E-state index is 14.0. The van der Waals surface area contributed by atoms with Crippen LogP contribution in [0.5, 0.6) is 0 Å². The zero-order valence-corrected chi connectivity index (χ0v) is 12.8. The molecular formula is C17H19ClFN. The number of benzene rings is 2. The van der Waals surface area contributed by atoms with Crippen LogP contribution < -0.4 is 5.32 Å². The normalized spacial score (nSPS) is 12.4. The van der Waals surface area contributed by atoms with E-state index in [-0.39, 0.29) is 11.9 Å². The lowest BCUT2D eigenvalue weighted by Crippen LogP contribution is -2.20. The molecule has 1 atom stereocenters. The van der Waals surface area contributed by atoms with E-state index in [9.17, 15) is 4.39 Å². The first-order valence-corrected chi connectivity index (χ1v) is 7.07. The Morgan fingerprint density at radius 2 is 1.85 bits per heavy atom. The minimum absolute atomic E-state index is 0.0872. The molecule has 2 aromatic rings. The van der Waals surface area contributed by atoms with E-state index in [1.165, 1.54) is 22.8 Å². The van der Waals surface area contributed by atoms with Crippen LogP contribution in [0.15, 0.2) is 36.4 Å². The fraction of sp³-hybridized carbons (Fsp3) is 0.294. The van der Waals surface area contributed by atoms with Crippen LogP contribution in [0, 0.1) is 19.7 Å². The number of hydrogen-bond acceptors (Lipinski definition) is 1. The van der Waals surface area contributed by atoms with Crippen molar-refractivity contribution in [1.82, 2.24) is 5.32 Å². The van der Waals surface area contributed by atoms with Gasteiger partial charge in [0.2, 0.25) is 0 Å². The zero-order chi connectivity index (χ0) is 14.7. The van der Waals surface area contributed by atoms with Crippen molar-refractivity contribution in [3.63, 3.8) is 0 Å². The molecule has 0 aliphatic rings. The SMILES string of the molecule is CNC(Cc1ccc(C)c(C)c1)c1cc(Cl)ccc1F. The molecule has 0 bridgehead atoms. The van der Waals surface area contributed by atoms with Gasteiger partial charge < -0.3 is 5.32 Å². The van der Waals surface area contributed by atoms with Crippen LogP contribution in [-0.4, -0.2) is 7.05 Å². The highest BCUT2D eigenvalue weighted by Crippen LogP contribution is 2.25. The van der Waals surface area contributed by atoms with E-state index < -0.39 is 0 Å². The lowest BCUT2D eigenvalue weighted by Gasteiger charge is -2.18. The molecule has 0 saturated carbocycles. The molecule has 3 heteroatoms. The largest absolute Gasteiger partial charge is 0.313 e. The van der Waals surface area contributed by atoms with Crippen molar-refractivity contribution in [2.45, 2.75) is 26.3 Å². The Hall–Kier alpha value is -1.38. The summed E-state index contributed by atoms with van der Waals surface area (Å²) in [5, 5.41) is 3.73. The Balaban J connectivity index is 2.28. The molecule has 106 valence electrons. The number of halogens is 2. The summed E-state index contributed by atoms with van der Waals surface area (Å²) < 4.78 is 14.0. The predicted molar refractivity (Wildman–Crippen MR) is 82.8 cm³/mol. The van der Waals surface area contributed by atoms with Crippen molar-refractivity contribution in [3.05, 3.63) is 69.5 Å². The number of hydrogen-bond donors (Lipinski definition) is 1. The van der Waals surface area contributed by atoms with E-state index in [2.05, 4.69) is 37.4 Å². The highest BCUT2D eigenvalue weighted by atomic mass is 35.5. The average Bonchev–Trinajstić information content (AvgIpc) is 2.43. The zero-order valence-electron chi connectivity index (χ0n) is 12.0. The van der Waals surface area contributed by atoms with Gasteiger partial charge in [-0.3, -0.25) is 0 Å². The first-order chi connectivity index (χ1) is 9.51. The topological polar surface area (TPSA) is 12.0 Å². The number of likely N-dealkylation sites (N-methyl/N-ethyl adjacent to an activating group) is 1. The summed E-state index contributed by atoms with van der Waals surface area (Å²) in [4.78, 5) is 0. The summed E-state index contributed by atoms with van der Waals surface area (Å²) in [6.07, 6.45) is 0.731. The standard InChI is InChI=1S/C17H19ClFN/c1-11-4-5-13(8-12(11)2)9-17(20-3)15-10-14(18)6-7-16(15)19/h4-8,10,17,20H,9H2,1-3H3. The minimum atomic E-state index is -0.224. The summed E-state index contributed by atoms with van der Waals surface area (Å²) in [5.41, 5.74) is 4.32. The molecule has 0 radical (unpaired) electrons. The predicted octanol–water partition coefficient (Wildman–Crippen LogP) is 4.60. The van der Waals surface area contributed by atoms with Gasteiger partial charge in [0.05, 0.1) is 0 Å². The third kappa shape index (κ3) is 3.38. The van der Waals surface area contributed by atoms with Gasteiger partial charge in [-0.2, -0.15) is 0 Å². The molecular weight excluding hydrogens is 273 g/mol. The molecule has 1 nitrogen and oxygen atoms in total. The highest BCUT2D eigenvalue weighted by molar-refractivity contribution is 6.30. The van der Waals surface area contributed by atoms with E-state index >= 15 is 0 Å². The molecule has 0 spiro atoms. The van der Waals surface area contributed by atoms with Crippen molar-refractivity contribution >= 4 is 11.6 Å². The van der Waals surface area contributed by atoms with Crippen LogP contribution >= 0.6 is 11.6 Å². The molecule has 1 unspecified atom stereocenters. The molecule has 0 fully saturated rings. The van der Waals surface area contributed by atoms with Gasteiger partial charge in [0.25, 0.3) is 0 Å². The molecule has 0 amide bonds. The second kappa shape index (κ2) is 6.38. The Labute approximate surface area is 124 Å². The first kappa shape index (κ1) is 15.0. The van der Waals surface area contributed by atoms with Crippen molar-refractivity contribution in [3.8, 4) is 0 Å². The summed E-state index contributed by atoms with van der Waals surface area (Å²) in [6, 6.07) is 10.9. The fourth-order valence-electron chi connectivity index (χ4n) is 2.32. The van der Waals surface area contributed by atoms with Gasteiger partial charge in [-0.25, -0.2) is 4.39 Å². The lowest BCUT2D eigenvalue weighted by molar-refractivity contribution is 0.534. The number of nitrogens with one attached hydrogen (secondary N) is 1. The van der Waals surface area contributed by atoms with E-state index in [0.717, 1.165) is 6.42 Å².